The number of hydrogen-bond acceptors (Lipinski definition) is 3. The Morgan fingerprint density at radius 1 is 1.05 bits per heavy atom. The van der Waals surface area contributed by atoms with Crippen LogP contribution in [-0.2, 0) is 0 Å². The molecule has 0 spiro atoms. The van der Waals surface area contributed by atoms with E-state index in [1.165, 1.54) is 64.1 Å². The fourth-order valence-electron chi connectivity index (χ4n) is 4.01. The van der Waals surface area contributed by atoms with Crippen molar-refractivity contribution in [1.82, 2.24) is 10.2 Å². The molecule has 2 saturated heterocycles. The van der Waals surface area contributed by atoms with Crippen molar-refractivity contribution in [3.63, 3.8) is 0 Å². The molecule has 2 aliphatic rings. The van der Waals surface area contributed by atoms with Crippen molar-refractivity contribution in [1.29, 1.82) is 0 Å². The summed E-state index contributed by atoms with van der Waals surface area (Å²) in [5.41, 5.74) is 1.39. The lowest BCUT2D eigenvalue weighted by Gasteiger charge is -2.43. The molecular weight excluding hydrogens is 258 g/mol. The number of piperidine rings is 2. The molecule has 2 aliphatic heterocycles. The highest BCUT2D eigenvalue weighted by atomic mass is 15.2. The van der Waals surface area contributed by atoms with Crippen molar-refractivity contribution in [3.05, 3.63) is 30.3 Å². The second kappa shape index (κ2) is 7.28. The molecule has 116 valence electrons. The summed E-state index contributed by atoms with van der Waals surface area (Å²) >= 11 is 0. The van der Waals surface area contributed by atoms with Crippen LogP contribution in [0.15, 0.2) is 30.3 Å². The highest BCUT2D eigenvalue weighted by Crippen LogP contribution is 2.26. The van der Waals surface area contributed by atoms with Gasteiger partial charge in [-0.05, 0) is 63.9 Å². The molecule has 3 rings (SSSR count). The van der Waals surface area contributed by atoms with Gasteiger partial charge in [-0.1, -0.05) is 18.2 Å². The van der Waals surface area contributed by atoms with Crippen LogP contribution in [0.4, 0.5) is 5.69 Å². The number of nitrogens with one attached hydrogen (secondary N) is 1. The van der Waals surface area contributed by atoms with Crippen LogP contribution in [0.5, 0.6) is 0 Å². The van der Waals surface area contributed by atoms with Crippen LogP contribution >= 0.6 is 0 Å². The predicted molar refractivity (Wildman–Crippen MR) is 89.9 cm³/mol. The molecule has 1 N–H and O–H groups in total. The van der Waals surface area contributed by atoms with Crippen molar-refractivity contribution in [2.45, 2.75) is 31.7 Å². The van der Waals surface area contributed by atoms with Gasteiger partial charge < -0.3 is 10.2 Å². The molecule has 1 atom stereocenters. The van der Waals surface area contributed by atoms with Crippen molar-refractivity contribution in [2.24, 2.45) is 5.92 Å². The first-order valence-electron chi connectivity index (χ1n) is 8.55. The summed E-state index contributed by atoms with van der Waals surface area (Å²) in [5, 5.41) is 3.35. The maximum atomic E-state index is 3.35. The third-order valence-corrected chi connectivity index (χ3v) is 5.15. The van der Waals surface area contributed by atoms with Crippen LogP contribution in [0.3, 0.4) is 0 Å². The van der Waals surface area contributed by atoms with Gasteiger partial charge in [0.2, 0.25) is 0 Å². The number of rotatable bonds is 4. The number of benzene rings is 1. The largest absolute Gasteiger partial charge is 0.371 e. The normalized spacial score (nSPS) is 25.2. The van der Waals surface area contributed by atoms with Crippen LogP contribution in [0.25, 0.3) is 0 Å². The molecule has 21 heavy (non-hydrogen) atoms. The average Bonchev–Trinajstić information content (AvgIpc) is 2.56. The molecule has 0 bridgehead atoms. The van der Waals surface area contributed by atoms with E-state index >= 15 is 0 Å². The van der Waals surface area contributed by atoms with E-state index in [0.29, 0.717) is 0 Å². The van der Waals surface area contributed by atoms with E-state index in [-0.39, 0.29) is 0 Å². The Balaban J connectivity index is 1.51. The standard InChI is InChI=1S/C18H29N3/c1-19-14-16-6-5-11-21(15-16)18-9-12-20(13-10-18)17-7-3-2-4-8-17/h2-4,7-8,16,18-19H,5-6,9-15H2,1H3. The minimum Gasteiger partial charge on any atom is -0.371 e. The lowest BCUT2D eigenvalue weighted by atomic mass is 9.93. The summed E-state index contributed by atoms with van der Waals surface area (Å²) in [4.78, 5) is 5.32. The number of para-hydroxylation sites is 1. The van der Waals surface area contributed by atoms with Crippen molar-refractivity contribution >= 4 is 5.69 Å². The Hall–Kier alpha value is -1.06. The van der Waals surface area contributed by atoms with Crippen molar-refractivity contribution in [3.8, 4) is 0 Å². The number of anilines is 1. The third kappa shape index (κ3) is 3.78. The molecule has 0 aromatic heterocycles. The van der Waals surface area contributed by atoms with Gasteiger partial charge in [-0.25, -0.2) is 0 Å². The Bertz CT molecular complexity index is 410. The van der Waals surface area contributed by atoms with Crippen LogP contribution in [0.1, 0.15) is 25.7 Å². The lowest BCUT2D eigenvalue weighted by molar-refractivity contribution is 0.107. The summed E-state index contributed by atoms with van der Waals surface area (Å²) in [7, 11) is 2.08. The first-order chi connectivity index (χ1) is 10.4. The molecular formula is C18H29N3. The predicted octanol–water partition coefficient (Wildman–Crippen LogP) is 2.59. The van der Waals surface area contributed by atoms with E-state index in [1.54, 1.807) is 0 Å². The number of hydrogen-bond donors (Lipinski definition) is 1. The zero-order valence-corrected chi connectivity index (χ0v) is 13.3. The van der Waals surface area contributed by atoms with E-state index in [0.717, 1.165) is 12.0 Å². The van der Waals surface area contributed by atoms with Crippen molar-refractivity contribution < 1.29 is 0 Å². The third-order valence-electron chi connectivity index (χ3n) is 5.15. The van der Waals surface area contributed by atoms with Gasteiger partial charge in [0.05, 0.1) is 0 Å². The van der Waals surface area contributed by atoms with Gasteiger partial charge in [0.1, 0.15) is 0 Å². The molecule has 0 aliphatic carbocycles. The SMILES string of the molecule is CNCC1CCCN(C2CCN(c3ccccc3)CC2)C1. The summed E-state index contributed by atoms with van der Waals surface area (Å²) in [5.74, 6) is 0.857. The first kappa shape index (κ1) is 14.9. The van der Waals surface area contributed by atoms with Crippen molar-refractivity contribution in [2.75, 3.05) is 44.7 Å². The minimum atomic E-state index is 0.810. The van der Waals surface area contributed by atoms with Crippen LogP contribution in [0, 0.1) is 5.92 Å². The van der Waals surface area contributed by atoms with Gasteiger partial charge in [-0.15, -0.1) is 0 Å². The summed E-state index contributed by atoms with van der Waals surface area (Å²) in [6, 6.07) is 11.7. The molecule has 0 radical (unpaired) electrons. The molecule has 3 nitrogen and oxygen atoms in total. The summed E-state index contributed by atoms with van der Waals surface area (Å²) < 4.78 is 0. The van der Waals surface area contributed by atoms with Gasteiger partial charge in [-0.2, -0.15) is 0 Å². The topological polar surface area (TPSA) is 18.5 Å². The Morgan fingerprint density at radius 3 is 2.52 bits per heavy atom. The fourth-order valence-corrected chi connectivity index (χ4v) is 4.01. The lowest BCUT2D eigenvalue weighted by Crippen LogP contribution is -2.49. The monoisotopic (exact) mass is 287 g/mol. The van der Waals surface area contributed by atoms with Gasteiger partial charge in [0, 0.05) is 31.4 Å². The van der Waals surface area contributed by atoms with E-state index in [4.69, 9.17) is 0 Å². The maximum Gasteiger partial charge on any atom is 0.0366 e. The van der Waals surface area contributed by atoms with Gasteiger partial charge in [0.25, 0.3) is 0 Å². The van der Waals surface area contributed by atoms with E-state index in [9.17, 15) is 0 Å². The molecule has 1 aromatic rings. The smallest absolute Gasteiger partial charge is 0.0366 e. The van der Waals surface area contributed by atoms with Gasteiger partial charge in [0.15, 0.2) is 0 Å². The van der Waals surface area contributed by atoms with Gasteiger partial charge >= 0.3 is 0 Å². The Labute approximate surface area is 129 Å². The maximum absolute atomic E-state index is 3.35. The highest BCUT2D eigenvalue weighted by Gasteiger charge is 2.28. The van der Waals surface area contributed by atoms with E-state index < -0.39 is 0 Å². The zero-order chi connectivity index (χ0) is 14.5. The van der Waals surface area contributed by atoms with Crippen LogP contribution in [0.2, 0.25) is 0 Å². The highest BCUT2D eigenvalue weighted by molar-refractivity contribution is 5.46. The summed E-state index contributed by atoms with van der Waals surface area (Å²) in [6.45, 7) is 6.22. The average molecular weight is 287 g/mol. The quantitative estimate of drug-likeness (QED) is 0.918. The zero-order valence-electron chi connectivity index (χ0n) is 13.3. The molecule has 0 amide bonds. The number of nitrogens with zero attached hydrogens (tertiary/aromatic N) is 2. The van der Waals surface area contributed by atoms with E-state index in [2.05, 4.69) is 52.5 Å². The second-order valence-electron chi connectivity index (χ2n) is 6.61. The molecule has 1 aromatic carbocycles. The van der Waals surface area contributed by atoms with Gasteiger partial charge in [-0.3, -0.25) is 4.90 Å². The van der Waals surface area contributed by atoms with Crippen LogP contribution in [-0.4, -0.2) is 50.7 Å². The minimum absolute atomic E-state index is 0.810. The first-order valence-corrected chi connectivity index (χ1v) is 8.55. The van der Waals surface area contributed by atoms with Crippen LogP contribution < -0.4 is 10.2 Å². The molecule has 2 heterocycles. The fraction of sp³-hybridized carbons (Fsp3) is 0.667. The second-order valence-corrected chi connectivity index (χ2v) is 6.61. The molecule has 0 saturated carbocycles. The summed E-state index contributed by atoms with van der Waals surface area (Å²) in [6.07, 6.45) is 5.42. The van der Waals surface area contributed by atoms with E-state index in [1.807, 2.05) is 0 Å². The number of likely N-dealkylation sites (tertiary alicyclic amines) is 1. The Morgan fingerprint density at radius 2 is 1.81 bits per heavy atom. The Kier molecular flexibility index (Phi) is 5.15. The molecule has 2 fully saturated rings. The molecule has 1 unspecified atom stereocenters. The molecule has 3 heteroatoms.